The van der Waals surface area contributed by atoms with Crippen molar-refractivity contribution in [2.45, 2.75) is 39.2 Å². The Labute approximate surface area is 75.4 Å². The SMILES string of the molecule is CC(C)NCC1CCCC1CO. The van der Waals surface area contributed by atoms with E-state index >= 15 is 0 Å². The standard InChI is InChI=1S/C10H21NO/c1-8(2)11-6-9-4-3-5-10(9)7-12/h8-12H,3-7H2,1-2H3. The molecule has 2 unspecified atom stereocenters. The highest BCUT2D eigenvalue weighted by Crippen LogP contribution is 2.30. The molecule has 0 radical (unpaired) electrons. The Kier molecular flexibility index (Phi) is 4.02. The van der Waals surface area contributed by atoms with E-state index in [1.165, 1.54) is 19.3 Å². The topological polar surface area (TPSA) is 32.3 Å². The fraction of sp³-hybridized carbons (Fsp3) is 1.00. The van der Waals surface area contributed by atoms with Gasteiger partial charge in [0.1, 0.15) is 0 Å². The Morgan fingerprint density at radius 2 is 2.00 bits per heavy atom. The van der Waals surface area contributed by atoms with Crippen LogP contribution < -0.4 is 5.32 Å². The van der Waals surface area contributed by atoms with Gasteiger partial charge in [-0.15, -0.1) is 0 Å². The van der Waals surface area contributed by atoms with Crippen molar-refractivity contribution in [1.82, 2.24) is 5.32 Å². The molecule has 1 fully saturated rings. The number of aliphatic hydroxyl groups is 1. The van der Waals surface area contributed by atoms with Gasteiger partial charge in [0.15, 0.2) is 0 Å². The van der Waals surface area contributed by atoms with Crippen molar-refractivity contribution in [1.29, 1.82) is 0 Å². The third-order valence-electron chi connectivity index (χ3n) is 2.84. The first-order chi connectivity index (χ1) is 5.74. The molecule has 0 bridgehead atoms. The van der Waals surface area contributed by atoms with Crippen molar-refractivity contribution >= 4 is 0 Å². The van der Waals surface area contributed by atoms with Gasteiger partial charge in [-0.2, -0.15) is 0 Å². The van der Waals surface area contributed by atoms with Crippen LogP contribution in [0.5, 0.6) is 0 Å². The van der Waals surface area contributed by atoms with Gasteiger partial charge in [-0.3, -0.25) is 0 Å². The van der Waals surface area contributed by atoms with Crippen LogP contribution in [0.3, 0.4) is 0 Å². The van der Waals surface area contributed by atoms with Crippen LogP contribution >= 0.6 is 0 Å². The summed E-state index contributed by atoms with van der Waals surface area (Å²) in [7, 11) is 0. The lowest BCUT2D eigenvalue weighted by Crippen LogP contribution is -2.31. The monoisotopic (exact) mass is 171 g/mol. The van der Waals surface area contributed by atoms with Crippen LogP contribution in [0.2, 0.25) is 0 Å². The largest absolute Gasteiger partial charge is 0.396 e. The minimum absolute atomic E-state index is 0.379. The van der Waals surface area contributed by atoms with E-state index in [0.717, 1.165) is 12.5 Å². The lowest BCUT2D eigenvalue weighted by Gasteiger charge is -2.19. The summed E-state index contributed by atoms with van der Waals surface area (Å²) in [5, 5.41) is 12.5. The van der Waals surface area contributed by atoms with Gasteiger partial charge < -0.3 is 10.4 Å². The van der Waals surface area contributed by atoms with Gasteiger partial charge in [0, 0.05) is 12.6 Å². The van der Waals surface area contributed by atoms with Crippen molar-refractivity contribution in [2.75, 3.05) is 13.2 Å². The summed E-state index contributed by atoms with van der Waals surface area (Å²) in [5.41, 5.74) is 0. The molecule has 0 heterocycles. The Morgan fingerprint density at radius 1 is 1.33 bits per heavy atom. The van der Waals surface area contributed by atoms with Crippen LogP contribution in [0.4, 0.5) is 0 Å². The fourth-order valence-corrected chi connectivity index (χ4v) is 2.01. The maximum absolute atomic E-state index is 9.07. The molecule has 0 aromatic rings. The van der Waals surface area contributed by atoms with Crippen molar-refractivity contribution in [2.24, 2.45) is 11.8 Å². The third kappa shape index (κ3) is 2.76. The molecule has 0 aromatic heterocycles. The molecule has 0 saturated heterocycles. The lowest BCUT2D eigenvalue weighted by atomic mass is 9.97. The fourth-order valence-electron chi connectivity index (χ4n) is 2.01. The molecule has 1 aliphatic rings. The van der Waals surface area contributed by atoms with E-state index in [1.807, 2.05) is 0 Å². The molecule has 2 heteroatoms. The molecule has 1 aliphatic carbocycles. The first-order valence-electron chi connectivity index (χ1n) is 5.08. The average molecular weight is 171 g/mol. The first kappa shape index (κ1) is 10.0. The molecule has 2 atom stereocenters. The highest BCUT2D eigenvalue weighted by molar-refractivity contribution is 4.78. The summed E-state index contributed by atoms with van der Waals surface area (Å²) in [5.74, 6) is 1.29. The maximum Gasteiger partial charge on any atom is 0.0462 e. The van der Waals surface area contributed by atoms with Crippen LogP contribution in [0.15, 0.2) is 0 Å². The molecule has 2 N–H and O–H groups in total. The number of aliphatic hydroxyl groups excluding tert-OH is 1. The van der Waals surface area contributed by atoms with E-state index < -0.39 is 0 Å². The summed E-state index contributed by atoms with van der Waals surface area (Å²) < 4.78 is 0. The molecule has 0 amide bonds. The maximum atomic E-state index is 9.07. The number of hydrogen-bond acceptors (Lipinski definition) is 2. The minimum atomic E-state index is 0.379. The zero-order valence-corrected chi connectivity index (χ0v) is 8.21. The predicted molar refractivity (Wildman–Crippen MR) is 51.1 cm³/mol. The summed E-state index contributed by atoms with van der Waals surface area (Å²) in [6.45, 7) is 5.80. The molecule has 0 spiro atoms. The summed E-state index contributed by atoms with van der Waals surface area (Å²) in [4.78, 5) is 0. The molecule has 1 rings (SSSR count). The molecule has 1 saturated carbocycles. The molecular weight excluding hydrogens is 150 g/mol. The normalized spacial score (nSPS) is 30.0. The molecule has 0 aliphatic heterocycles. The van der Waals surface area contributed by atoms with E-state index in [1.54, 1.807) is 0 Å². The molecule has 72 valence electrons. The zero-order chi connectivity index (χ0) is 8.97. The quantitative estimate of drug-likeness (QED) is 0.670. The number of hydrogen-bond donors (Lipinski definition) is 2. The Morgan fingerprint density at radius 3 is 2.58 bits per heavy atom. The lowest BCUT2D eigenvalue weighted by molar-refractivity contribution is 0.191. The highest BCUT2D eigenvalue weighted by atomic mass is 16.3. The minimum Gasteiger partial charge on any atom is -0.396 e. The summed E-state index contributed by atoms with van der Waals surface area (Å²) >= 11 is 0. The van der Waals surface area contributed by atoms with E-state index in [4.69, 9.17) is 5.11 Å². The van der Waals surface area contributed by atoms with Gasteiger partial charge in [-0.1, -0.05) is 20.3 Å². The van der Waals surface area contributed by atoms with Gasteiger partial charge in [0.05, 0.1) is 0 Å². The molecule has 0 aromatic carbocycles. The van der Waals surface area contributed by atoms with Gasteiger partial charge in [0.2, 0.25) is 0 Å². The predicted octanol–water partition coefficient (Wildman–Crippen LogP) is 1.39. The Hall–Kier alpha value is -0.0800. The molecule has 12 heavy (non-hydrogen) atoms. The van der Waals surface area contributed by atoms with Crippen LogP contribution in [0, 0.1) is 11.8 Å². The third-order valence-corrected chi connectivity index (χ3v) is 2.84. The zero-order valence-electron chi connectivity index (χ0n) is 8.21. The summed E-state index contributed by atoms with van der Waals surface area (Å²) in [6.07, 6.45) is 3.82. The molecular formula is C10H21NO. The van der Waals surface area contributed by atoms with Crippen molar-refractivity contribution in [3.05, 3.63) is 0 Å². The summed E-state index contributed by atoms with van der Waals surface area (Å²) in [6, 6.07) is 0.574. The van der Waals surface area contributed by atoms with E-state index in [9.17, 15) is 0 Å². The molecule has 2 nitrogen and oxygen atoms in total. The smallest absolute Gasteiger partial charge is 0.0462 e. The van der Waals surface area contributed by atoms with E-state index in [-0.39, 0.29) is 0 Å². The van der Waals surface area contributed by atoms with Crippen molar-refractivity contribution in [3.63, 3.8) is 0 Å². The second-order valence-corrected chi connectivity index (χ2v) is 4.20. The van der Waals surface area contributed by atoms with E-state index in [0.29, 0.717) is 18.6 Å². The van der Waals surface area contributed by atoms with Gasteiger partial charge in [-0.05, 0) is 31.2 Å². The van der Waals surface area contributed by atoms with E-state index in [2.05, 4.69) is 19.2 Å². The second-order valence-electron chi connectivity index (χ2n) is 4.20. The van der Waals surface area contributed by atoms with Crippen molar-refractivity contribution in [3.8, 4) is 0 Å². The van der Waals surface area contributed by atoms with Crippen LogP contribution in [0.1, 0.15) is 33.1 Å². The van der Waals surface area contributed by atoms with Crippen LogP contribution in [-0.4, -0.2) is 24.3 Å². The highest BCUT2D eigenvalue weighted by Gasteiger charge is 2.25. The number of rotatable bonds is 4. The average Bonchev–Trinajstić information content (AvgIpc) is 2.47. The van der Waals surface area contributed by atoms with Crippen molar-refractivity contribution < 1.29 is 5.11 Å². The number of nitrogens with one attached hydrogen (secondary N) is 1. The first-order valence-corrected chi connectivity index (χ1v) is 5.08. The van der Waals surface area contributed by atoms with Gasteiger partial charge >= 0.3 is 0 Å². The Balaban J connectivity index is 2.21. The van der Waals surface area contributed by atoms with Gasteiger partial charge in [0.25, 0.3) is 0 Å². The second kappa shape index (κ2) is 4.83. The Bertz CT molecular complexity index is 125. The van der Waals surface area contributed by atoms with Crippen LogP contribution in [-0.2, 0) is 0 Å². The van der Waals surface area contributed by atoms with Crippen LogP contribution in [0.25, 0.3) is 0 Å². The van der Waals surface area contributed by atoms with Gasteiger partial charge in [-0.25, -0.2) is 0 Å².